The van der Waals surface area contributed by atoms with E-state index in [4.69, 9.17) is 15.2 Å². The van der Waals surface area contributed by atoms with Gasteiger partial charge in [0.25, 0.3) is 0 Å². The Morgan fingerprint density at radius 3 is 2.93 bits per heavy atom. The van der Waals surface area contributed by atoms with Crippen molar-refractivity contribution in [2.24, 2.45) is 5.73 Å². The Bertz CT molecular complexity index is 1000. The number of aromatic nitrogens is 1. The number of anilines is 1. The Kier molecular flexibility index (Phi) is 4.68. The number of methoxy groups -OCH3 is 1. The first-order chi connectivity index (χ1) is 13.1. The number of nitrogens with two attached hydrogens (primary N) is 1. The van der Waals surface area contributed by atoms with Crippen molar-refractivity contribution in [3.8, 4) is 22.8 Å². The molecule has 3 N–H and O–H groups in total. The first-order valence-electron chi connectivity index (χ1n) is 8.55. The number of nitrogens with one attached hydrogen (secondary N) is 1. The maximum Gasteiger partial charge on any atom is 0.248 e. The first-order valence-corrected chi connectivity index (χ1v) is 9.43. The zero-order chi connectivity index (χ0) is 18.8. The molecule has 27 heavy (non-hydrogen) atoms. The quantitative estimate of drug-likeness (QED) is 0.683. The molecule has 0 spiro atoms. The number of carbonyl (C=O) groups is 1. The van der Waals surface area contributed by atoms with Gasteiger partial charge in [0.1, 0.15) is 23.1 Å². The van der Waals surface area contributed by atoms with Gasteiger partial charge < -0.3 is 20.5 Å². The SMILES string of the molecule is COc1cc(OCc2nc(-c3ccc4c(c3)CCN4)cs2)cc(C(N)=O)c1. The van der Waals surface area contributed by atoms with Crippen LogP contribution < -0.4 is 20.5 Å². The summed E-state index contributed by atoms with van der Waals surface area (Å²) in [5.41, 5.74) is 10.3. The van der Waals surface area contributed by atoms with Crippen LogP contribution in [-0.2, 0) is 13.0 Å². The van der Waals surface area contributed by atoms with E-state index in [-0.39, 0.29) is 0 Å². The number of thiazole rings is 1. The molecule has 0 bridgehead atoms. The minimum absolute atomic E-state index is 0.308. The smallest absolute Gasteiger partial charge is 0.248 e. The molecular formula is C20H19N3O3S. The molecule has 1 aliphatic heterocycles. The van der Waals surface area contributed by atoms with Gasteiger partial charge in [0, 0.05) is 34.8 Å². The lowest BCUT2D eigenvalue weighted by molar-refractivity contribution is 0.0999. The van der Waals surface area contributed by atoms with Gasteiger partial charge in [0.05, 0.1) is 12.8 Å². The molecule has 138 valence electrons. The zero-order valence-corrected chi connectivity index (χ0v) is 15.6. The lowest BCUT2D eigenvalue weighted by atomic mass is 10.1. The predicted octanol–water partition coefficient (Wildman–Crippen LogP) is 3.46. The third kappa shape index (κ3) is 3.73. The van der Waals surface area contributed by atoms with E-state index in [1.54, 1.807) is 29.5 Å². The largest absolute Gasteiger partial charge is 0.497 e. The summed E-state index contributed by atoms with van der Waals surface area (Å²) in [6, 6.07) is 11.3. The minimum atomic E-state index is -0.526. The van der Waals surface area contributed by atoms with E-state index in [2.05, 4.69) is 28.5 Å². The topological polar surface area (TPSA) is 86.5 Å². The van der Waals surface area contributed by atoms with Crippen molar-refractivity contribution >= 4 is 22.9 Å². The summed E-state index contributed by atoms with van der Waals surface area (Å²) < 4.78 is 11.0. The van der Waals surface area contributed by atoms with Crippen LogP contribution in [0.3, 0.4) is 0 Å². The molecule has 2 heterocycles. The van der Waals surface area contributed by atoms with Crippen molar-refractivity contribution in [2.75, 3.05) is 19.0 Å². The van der Waals surface area contributed by atoms with Crippen molar-refractivity contribution in [1.29, 1.82) is 0 Å². The van der Waals surface area contributed by atoms with Crippen molar-refractivity contribution < 1.29 is 14.3 Å². The summed E-state index contributed by atoms with van der Waals surface area (Å²) in [5, 5.41) is 6.25. The number of amides is 1. The van der Waals surface area contributed by atoms with Crippen molar-refractivity contribution in [3.63, 3.8) is 0 Å². The van der Waals surface area contributed by atoms with Crippen molar-refractivity contribution in [1.82, 2.24) is 4.98 Å². The molecule has 3 aromatic rings. The highest BCUT2D eigenvalue weighted by molar-refractivity contribution is 7.09. The van der Waals surface area contributed by atoms with Crippen LogP contribution in [0, 0.1) is 0 Å². The minimum Gasteiger partial charge on any atom is -0.497 e. The molecule has 0 radical (unpaired) electrons. The fraction of sp³-hybridized carbons (Fsp3) is 0.200. The summed E-state index contributed by atoms with van der Waals surface area (Å²) in [4.78, 5) is 16.1. The average molecular weight is 381 g/mol. The summed E-state index contributed by atoms with van der Waals surface area (Å²) >= 11 is 1.54. The highest BCUT2D eigenvalue weighted by Gasteiger charge is 2.13. The van der Waals surface area contributed by atoms with E-state index in [0.717, 1.165) is 29.2 Å². The number of ether oxygens (including phenoxy) is 2. The predicted molar refractivity (Wildman–Crippen MR) is 106 cm³/mol. The molecule has 0 aliphatic carbocycles. The molecule has 0 unspecified atom stereocenters. The molecule has 0 saturated heterocycles. The number of hydrogen-bond acceptors (Lipinski definition) is 6. The first kappa shape index (κ1) is 17.4. The summed E-state index contributed by atoms with van der Waals surface area (Å²) in [6.07, 6.45) is 1.04. The molecule has 7 heteroatoms. The number of hydrogen-bond donors (Lipinski definition) is 2. The number of fused-ring (bicyclic) bond motifs is 1. The Labute approximate surface area is 161 Å². The Hall–Kier alpha value is -3.06. The van der Waals surface area contributed by atoms with Gasteiger partial charge >= 0.3 is 0 Å². The molecule has 0 fully saturated rings. The third-order valence-corrected chi connectivity index (χ3v) is 5.25. The third-order valence-electron chi connectivity index (χ3n) is 4.43. The lowest BCUT2D eigenvalue weighted by Gasteiger charge is -2.08. The normalized spacial score (nSPS) is 12.3. The van der Waals surface area contributed by atoms with Crippen LogP contribution >= 0.6 is 11.3 Å². The van der Waals surface area contributed by atoms with Crippen LogP contribution in [0.15, 0.2) is 41.8 Å². The van der Waals surface area contributed by atoms with Gasteiger partial charge in [-0.1, -0.05) is 6.07 Å². The summed E-state index contributed by atoms with van der Waals surface area (Å²) in [6.45, 7) is 1.30. The second kappa shape index (κ2) is 7.28. The number of nitrogens with zero attached hydrogens (tertiary/aromatic N) is 1. The van der Waals surface area contributed by atoms with Crippen molar-refractivity contribution in [2.45, 2.75) is 13.0 Å². The molecule has 1 aromatic heterocycles. The van der Waals surface area contributed by atoms with Gasteiger partial charge in [-0.05, 0) is 36.2 Å². The van der Waals surface area contributed by atoms with Crippen LogP contribution in [0.1, 0.15) is 20.9 Å². The van der Waals surface area contributed by atoms with Gasteiger partial charge in [-0.3, -0.25) is 4.79 Å². The second-order valence-corrected chi connectivity index (χ2v) is 7.17. The molecule has 0 atom stereocenters. The van der Waals surface area contributed by atoms with Crippen LogP contribution in [0.25, 0.3) is 11.3 Å². The van der Waals surface area contributed by atoms with Crippen LogP contribution in [0.5, 0.6) is 11.5 Å². The van der Waals surface area contributed by atoms with Gasteiger partial charge in [-0.15, -0.1) is 11.3 Å². The number of primary amides is 1. The van der Waals surface area contributed by atoms with Gasteiger partial charge in [0.2, 0.25) is 5.91 Å². The Morgan fingerprint density at radius 1 is 1.26 bits per heavy atom. The van der Waals surface area contributed by atoms with E-state index in [1.165, 1.54) is 18.4 Å². The monoisotopic (exact) mass is 381 g/mol. The summed E-state index contributed by atoms with van der Waals surface area (Å²) in [7, 11) is 1.53. The lowest BCUT2D eigenvalue weighted by Crippen LogP contribution is -2.11. The Morgan fingerprint density at radius 2 is 2.11 bits per heavy atom. The molecule has 6 nitrogen and oxygen atoms in total. The molecule has 4 rings (SSSR count). The highest BCUT2D eigenvalue weighted by Crippen LogP contribution is 2.30. The summed E-state index contributed by atoms with van der Waals surface area (Å²) in [5.74, 6) is 0.512. The fourth-order valence-electron chi connectivity index (χ4n) is 3.03. The van der Waals surface area contributed by atoms with E-state index in [9.17, 15) is 4.79 Å². The molecular weight excluding hydrogens is 362 g/mol. The highest BCUT2D eigenvalue weighted by atomic mass is 32.1. The molecule has 0 saturated carbocycles. The van der Waals surface area contributed by atoms with Crippen LogP contribution in [-0.4, -0.2) is 24.5 Å². The maximum atomic E-state index is 11.4. The van der Waals surface area contributed by atoms with Gasteiger partial charge in [-0.25, -0.2) is 4.98 Å². The van der Waals surface area contributed by atoms with Gasteiger partial charge in [-0.2, -0.15) is 0 Å². The van der Waals surface area contributed by atoms with E-state index in [0.29, 0.717) is 23.7 Å². The number of benzene rings is 2. The second-order valence-electron chi connectivity index (χ2n) is 6.23. The fourth-order valence-corrected chi connectivity index (χ4v) is 3.75. The number of carbonyl (C=O) groups excluding carboxylic acids is 1. The number of rotatable bonds is 6. The van der Waals surface area contributed by atoms with E-state index < -0.39 is 5.91 Å². The maximum absolute atomic E-state index is 11.4. The zero-order valence-electron chi connectivity index (χ0n) is 14.8. The van der Waals surface area contributed by atoms with Crippen molar-refractivity contribution in [3.05, 3.63) is 57.9 Å². The van der Waals surface area contributed by atoms with Gasteiger partial charge in [0.15, 0.2) is 0 Å². The Balaban J connectivity index is 1.49. The van der Waals surface area contributed by atoms with Crippen LogP contribution in [0.2, 0.25) is 0 Å². The molecule has 1 aliphatic rings. The molecule has 2 aromatic carbocycles. The van der Waals surface area contributed by atoms with E-state index in [1.807, 2.05) is 5.38 Å². The van der Waals surface area contributed by atoms with Crippen LogP contribution in [0.4, 0.5) is 5.69 Å². The standard InChI is InChI=1S/C20H19N3O3S/c1-25-15-7-14(20(21)24)8-16(9-15)26-10-19-23-18(11-27-19)12-2-3-17-13(6-12)4-5-22-17/h2-3,6-9,11,22H,4-5,10H2,1H3,(H2,21,24). The molecule has 1 amide bonds. The van der Waals surface area contributed by atoms with E-state index >= 15 is 0 Å². The average Bonchev–Trinajstić information content (AvgIpc) is 3.34.